The summed E-state index contributed by atoms with van der Waals surface area (Å²) in [4.78, 5) is 24.2. The molecule has 1 aromatic heterocycles. The maximum atomic E-state index is 10.9. The first kappa shape index (κ1) is 11.0. The molecule has 1 rings (SSSR count). The lowest BCUT2D eigenvalue weighted by Gasteiger charge is -1.93. The molecular formula is C10H12N2O3. The maximum Gasteiger partial charge on any atom is 0.337 e. The average molecular weight is 208 g/mol. The molecule has 5 heteroatoms. The first-order chi connectivity index (χ1) is 6.93. The molecule has 4 N–H and O–H groups in total. The van der Waals surface area contributed by atoms with E-state index in [-0.39, 0.29) is 5.56 Å². The monoisotopic (exact) mass is 208 g/mol. The lowest BCUT2D eigenvalue weighted by Crippen LogP contribution is -2.05. The number of amides is 1. The third-order valence-electron chi connectivity index (χ3n) is 2.10. The van der Waals surface area contributed by atoms with E-state index in [9.17, 15) is 9.59 Å². The topological polar surface area (TPSA) is 96.2 Å². The van der Waals surface area contributed by atoms with Gasteiger partial charge in [-0.25, -0.2) is 4.79 Å². The van der Waals surface area contributed by atoms with Crippen LogP contribution in [0.5, 0.6) is 0 Å². The second-order valence-corrected chi connectivity index (χ2v) is 3.20. The minimum absolute atomic E-state index is 0.235. The number of carbonyl (C=O) groups excluding carboxylic acids is 1. The normalized spacial score (nSPS) is 10.8. The molecule has 0 radical (unpaired) electrons. The molecule has 0 saturated heterocycles. The summed E-state index contributed by atoms with van der Waals surface area (Å²) in [5.74, 6) is -1.56. The van der Waals surface area contributed by atoms with Crippen LogP contribution in [0.25, 0.3) is 6.08 Å². The van der Waals surface area contributed by atoms with Crippen LogP contribution in [0.2, 0.25) is 0 Å². The molecule has 0 unspecified atom stereocenters. The van der Waals surface area contributed by atoms with Crippen LogP contribution in [-0.2, 0) is 4.79 Å². The molecule has 0 aliphatic rings. The molecule has 0 saturated carbocycles. The number of aryl methyl sites for hydroxylation is 1. The first-order valence-corrected chi connectivity index (χ1v) is 4.33. The van der Waals surface area contributed by atoms with Gasteiger partial charge in [0.25, 0.3) is 0 Å². The van der Waals surface area contributed by atoms with Crippen molar-refractivity contribution in [3.05, 3.63) is 28.6 Å². The molecular weight excluding hydrogens is 196 g/mol. The molecule has 5 nitrogen and oxygen atoms in total. The summed E-state index contributed by atoms with van der Waals surface area (Å²) in [6, 6.07) is 0. The predicted molar refractivity (Wildman–Crippen MR) is 55.5 cm³/mol. The summed E-state index contributed by atoms with van der Waals surface area (Å²) in [5.41, 5.74) is 6.92. The van der Waals surface area contributed by atoms with Gasteiger partial charge in [-0.2, -0.15) is 0 Å². The highest BCUT2D eigenvalue weighted by Crippen LogP contribution is 2.18. The molecule has 80 valence electrons. The maximum absolute atomic E-state index is 10.9. The number of hydrogen-bond acceptors (Lipinski definition) is 2. The number of carboxylic acids is 1. The second-order valence-electron chi connectivity index (χ2n) is 3.20. The number of hydrogen-bond donors (Lipinski definition) is 3. The van der Waals surface area contributed by atoms with Crippen LogP contribution >= 0.6 is 0 Å². The van der Waals surface area contributed by atoms with Crippen molar-refractivity contribution >= 4 is 18.0 Å². The van der Waals surface area contributed by atoms with Crippen LogP contribution in [0.4, 0.5) is 0 Å². The fourth-order valence-corrected chi connectivity index (χ4v) is 1.43. The van der Waals surface area contributed by atoms with Crippen LogP contribution in [0, 0.1) is 13.8 Å². The Morgan fingerprint density at radius 1 is 1.40 bits per heavy atom. The molecule has 0 atom stereocenters. The van der Waals surface area contributed by atoms with E-state index in [4.69, 9.17) is 10.8 Å². The minimum Gasteiger partial charge on any atom is -0.478 e. The van der Waals surface area contributed by atoms with Gasteiger partial charge in [-0.3, -0.25) is 4.79 Å². The highest BCUT2D eigenvalue weighted by atomic mass is 16.4. The fraction of sp³-hybridized carbons (Fsp3) is 0.200. The van der Waals surface area contributed by atoms with Crippen LogP contribution < -0.4 is 5.73 Å². The van der Waals surface area contributed by atoms with Crippen LogP contribution in [0.15, 0.2) is 6.08 Å². The Kier molecular flexibility index (Phi) is 2.94. The number of H-pyrrole nitrogens is 1. The number of aromatic carboxylic acids is 1. The summed E-state index contributed by atoms with van der Waals surface area (Å²) < 4.78 is 0. The molecule has 0 fully saturated rings. The van der Waals surface area contributed by atoms with Gasteiger partial charge in [0.05, 0.1) is 5.56 Å². The SMILES string of the molecule is Cc1[nH]c(/C=C/C(N)=O)c(C)c1C(=O)O. The molecule has 1 heterocycles. The van der Waals surface area contributed by atoms with E-state index in [0.717, 1.165) is 0 Å². The summed E-state index contributed by atoms with van der Waals surface area (Å²) >= 11 is 0. The van der Waals surface area contributed by atoms with Crippen molar-refractivity contribution in [1.82, 2.24) is 4.98 Å². The Labute approximate surface area is 86.6 Å². The molecule has 1 aromatic rings. The summed E-state index contributed by atoms with van der Waals surface area (Å²) in [5, 5.41) is 8.90. The van der Waals surface area contributed by atoms with Crippen LogP contribution in [0.3, 0.4) is 0 Å². The number of carbonyl (C=O) groups is 2. The fourth-order valence-electron chi connectivity index (χ4n) is 1.43. The van der Waals surface area contributed by atoms with Crippen molar-refractivity contribution in [2.24, 2.45) is 5.73 Å². The standard InChI is InChI=1S/C10H12N2O3/c1-5-7(3-4-8(11)13)12-6(2)9(5)10(14)15/h3-4,12H,1-2H3,(H2,11,13)(H,14,15)/b4-3+. The Balaban J connectivity index is 3.18. The van der Waals surface area contributed by atoms with Gasteiger partial charge in [0.15, 0.2) is 0 Å². The summed E-state index contributed by atoms with van der Waals surface area (Å²) in [6.45, 7) is 3.34. The predicted octanol–water partition coefficient (Wildman–Crippen LogP) is 0.828. The highest BCUT2D eigenvalue weighted by molar-refractivity contribution is 5.94. The largest absolute Gasteiger partial charge is 0.478 e. The smallest absolute Gasteiger partial charge is 0.337 e. The van der Waals surface area contributed by atoms with Crippen molar-refractivity contribution in [1.29, 1.82) is 0 Å². The van der Waals surface area contributed by atoms with Crippen molar-refractivity contribution in [3.8, 4) is 0 Å². The zero-order chi connectivity index (χ0) is 11.6. The number of carboxylic acid groups (broad SMARTS) is 1. The van der Waals surface area contributed by atoms with Gasteiger partial charge in [0.2, 0.25) is 5.91 Å². The molecule has 0 bridgehead atoms. The van der Waals surface area contributed by atoms with E-state index in [1.165, 1.54) is 12.2 Å². The van der Waals surface area contributed by atoms with Gasteiger partial charge >= 0.3 is 5.97 Å². The Hall–Kier alpha value is -2.04. The number of aromatic amines is 1. The van der Waals surface area contributed by atoms with Crippen molar-refractivity contribution in [3.63, 3.8) is 0 Å². The molecule has 0 aliphatic carbocycles. The first-order valence-electron chi connectivity index (χ1n) is 4.33. The van der Waals surface area contributed by atoms with Gasteiger partial charge in [-0.1, -0.05) is 0 Å². The minimum atomic E-state index is -0.986. The van der Waals surface area contributed by atoms with E-state index >= 15 is 0 Å². The van der Waals surface area contributed by atoms with Crippen molar-refractivity contribution in [2.45, 2.75) is 13.8 Å². The lowest BCUT2D eigenvalue weighted by molar-refractivity contribution is -0.113. The van der Waals surface area contributed by atoms with E-state index < -0.39 is 11.9 Å². The van der Waals surface area contributed by atoms with Gasteiger partial charge in [0, 0.05) is 17.5 Å². The van der Waals surface area contributed by atoms with Gasteiger partial charge in [0.1, 0.15) is 0 Å². The van der Waals surface area contributed by atoms with Crippen molar-refractivity contribution in [2.75, 3.05) is 0 Å². The molecule has 1 amide bonds. The highest BCUT2D eigenvalue weighted by Gasteiger charge is 2.15. The number of primary amides is 1. The Bertz CT molecular complexity index is 444. The zero-order valence-corrected chi connectivity index (χ0v) is 8.50. The van der Waals surface area contributed by atoms with E-state index in [2.05, 4.69) is 4.98 Å². The molecule has 15 heavy (non-hydrogen) atoms. The number of nitrogens with two attached hydrogens (primary N) is 1. The Morgan fingerprint density at radius 2 is 2.00 bits per heavy atom. The summed E-state index contributed by atoms with van der Waals surface area (Å²) in [6.07, 6.45) is 2.65. The zero-order valence-electron chi connectivity index (χ0n) is 8.50. The number of rotatable bonds is 3. The van der Waals surface area contributed by atoms with Gasteiger partial charge in [-0.15, -0.1) is 0 Å². The number of aromatic nitrogens is 1. The lowest BCUT2D eigenvalue weighted by atomic mass is 10.1. The van der Waals surface area contributed by atoms with Gasteiger partial charge < -0.3 is 15.8 Å². The van der Waals surface area contributed by atoms with E-state index in [1.807, 2.05) is 0 Å². The summed E-state index contributed by atoms with van der Waals surface area (Å²) in [7, 11) is 0. The average Bonchev–Trinajstić information content (AvgIpc) is 2.37. The van der Waals surface area contributed by atoms with Gasteiger partial charge in [-0.05, 0) is 25.5 Å². The van der Waals surface area contributed by atoms with E-state index in [1.54, 1.807) is 13.8 Å². The third kappa shape index (κ3) is 2.25. The van der Waals surface area contributed by atoms with Crippen LogP contribution in [0.1, 0.15) is 27.3 Å². The molecule has 0 aromatic carbocycles. The molecule has 0 aliphatic heterocycles. The number of nitrogens with one attached hydrogen (secondary N) is 1. The molecule has 0 spiro atoms. The van der Waals surface area contributed by atoms with Crippen molar-refractivity contribution < 1.29 is 14.7 Å². The van der Waals surface area contributed by atoms with Crippen LogP contribution in [-0.4, -0.2) is 22.0 Å². The van der Waals surface area contributed by atoms with E-state index in [0.29, 0.717) is 17.0 Å². The third-order valence-corrected chi connectivity index (χ3v) is 2.10. The Morgan fingerprint density at radius 3 is 2.40 bits per heavy atom. The quantitative estimate of drug-likeness (QED) is 0.642. The second kappa shape index (κ2) is 4.00.